The monoisotopic (exact) mass is 288 g/mol. The largest absolute Gasteiger partial charge is 0.466 e. The predicted octanol–water partition coefficient (Wildman–Crippen LogP) is 4.20. The van der Waals surface area contributed by atoms with E-state index in [0.29, 0.717) is 18.9 Å². The van der Waals surface area contributed by atoms with Crippen molar-refractivity contribution in [3.05, 3.63) is 12.2 Å². The molecule has 4 rings (SSSR count). The van der Waals surface area contributed by atoms with Gasteiger partial charge in [0.05, 0.1) is 6.61 Å². The Morgan fingerprint density at radius 1 is 1.10 bits per heavy atom. The van der Waals surface area contributed by atoms with Crippen LogP contribution < -0.4 is 0 Å². The first kappa shape index (κ1) is 13.8. The van der Waals surface area contributed by atoms with E-state index in [1.807, 2.05) is 0 Å². The molecule has 7 atom stereocenters. The summed E-state index contributed by atoms with van der Waals surface area (Å²) < 4.78 is 5.43. The van der Waals surface area contributed by atoms with Crippen LogP contribution in [0.1, 0.15) is 51.9 Å². The maximum absolute atomic E-state index is 12.1. The van der Waals surface area contributed by atoms with Crippen molar-refractivity contribution < 1.29 is 9.53 Å². The van der Waals surface area contributed by atoms with Crippen molar-refractivity contribution in [2.75, 3.05) is 6.61 Å². The number of rotatable bonds is 6. The first-order chi connectivity index (χ1) is 10.3. The summed E-state index contributed by atoms with van der Waals surface area (Å²) in [6.45, 7) is 2.81. The number of allylic oxidation sites excluding steroid dienone is 2. The van der Waals surface area contributed by atoms with E-state index in [-0.39, 0.29) is 5.97 Å². The number of esters is 1. The van der Waals surface area contributed by atoms with Gasteiger partial charge in [0.15, 0.2) is 0 Å². The first-order valence-corrected chi connectivity index (χ1v) is 9.12. The number of hydrogen-bond acceptors (Lipinski definition) is 2. The smallest absolute Gasteiger partial charge is 0.306 e. The highest BCUT2D eigenvalue weighted by Crippen LogP contribution is 2.67. The second-order valence-corrected chi connectivity index (χ2v) is 7.89. The standard InChI is InChI=1S/C19H28O2/c1-2-3-4-7-21-17(20)11-14-9-15-10-16(14)19-13-6-5-12(8-13)18(15)19/h5-6,12-16,18-19H,2-4,7-11H2,1H3. The third-order valence-electron chi connectivity index (χ3n) is 6.85. The van der Waals surface area contributed by atoms with Gasteiger partial charge in [0.2, 0.25) is 0 Å². The van der Waals surface area contributed by atoms with E-state index in [1.165, 1.54) is 32.1 Å². The minimum absolute atomic E-state index is 0.0684. The lowest BCUT2D eigenvalue weighted by Crippen LogP contribution is -2.32. The van der Waals surface area contributed by atoms with Crippen molar-refractivity contribution in [1.29, 1.82) is 0 Å². The Morgan fingerprint density at radius 2 is 1.90 bits per heavy atom. The highest BCUT2D eigenvalue weighted by Gasteiger charge is 2.60. The van der Waals surface area contributed by atoms with Crippen LogP contribution in [0.25, 0.3) is 0 Å². The van der Waals surface area contributed by atoms with Gasteiger partial charge in [0, 0.05) is 6.42 Å². The molecule has 4 aliphatic carbocycles. The van der Waals surface area contributed by atoms with Crippen LogP contribution in [0, 0.1) is 41.4 Å². The first-order valence-electron chi connectivity index (χ1n) is 9.12. The maximum Gasteiger partial charge on any atom is 0.306 e. The summed E-state index contributed by atoms with van der Waals surface area (Å²) in [5.41, 5.74) is 0. The Kier molecular flexibility index (Phi) is 3.59. The number of fused-ring (bicyclic) bond motifs is 9. The van der Waals surface area contributed by atoms with E-state index < -0.39 is 0 Å². The molecule has 4 aliphatic rings. The number of ether oxygens (including phenoxy) is 1. The molecule has 3 saturated carbocycles. The fourth-order valence-corrected chi connectivity index (χ4v) is 6.20. The van der Waals surface area contributed by atoms with E-state index in [4.69, 9.17) is 4.74 Å². The van der Waals surface area contributed by atoms with Crippen molar-refractivity contribution in [2.24, 2.45) is 41.4 Å². The minimum atomic E-state index is 0.0684. The molecule has 0 aliphatic heterocycles. The van der Waals surface area contributed by atoms with E-state index >= 15 is 0 Å². The zero-order valence-electron chi connectivity index (χ0n) is 13.2. The molecule has 0 saturated heterocycles. The fourth-order valence-electron chi connectivity index (χ4n) is 6.20. The summed E-state index contributed by atoms with van der Waals surface area (Å²) >= 11 is 0. The molecule has 0 radical (unpaired) electrons. The molecule has 0 N–H and O–H groups in total. The summed E-state index contributed by atoms with van der Waals surface area (Å²) in [4.78, 5) is 12.1. The second kappa shape index (κ2) is 5.44. The van der Waals surface area contributed by atoms with Gasteiger partial charge in [-0.05, 0) is 67.1 Å². The molecule has 0 aromatic heterocycles. The average Bonchev–Trinajstić information content (AvgIpc) is 3.20. The summed E-state index contributed by atoms with van der Waals surface area (Å²) in [5.74, 6) is 6.05. The van der Waals surface area contributed by atoms with Crippen LogP contribution >= 0.6 is 0 Å². The molecule has 2 heteroatoms. The molecule has 0 amide bonds. The maximum atomic E-state index is 12.1. The summed E-state index contributed by atoms with van der Waals surface area (Å²) in [7, 11) is 0. The normalized spacial score (nSPS) is 45.3. The van der Waals surface area contributed by atoms with E-state index in [9.17, 15) is 4.79 Å². The quantitative estimate of drug-likeness (QED) is 0.317. The summed E-state index contributed by atoms with van der Waals surface area (Å²) in [5, 5.41) is 0. The Hall–Kier alpha value is -0.790. The Balaban J connectivity index is 1.31. The predicted molar refractivity (Wildman–Crippen MR) is 82.5 cm³/mol. The molecule has 2 nitrogen and oxygen atoms in total. The van der Waals surface area contributed by atoms with Gasteiger partial charge < -0.3 is 4.74 Å². The zero-order chi connectivity index (χ0) is 14.4. The van der Waals surface area contributed by atoms with Crippen LogP contribution in [-0.2, 0) is 9.53 Å². The minimum Gasteiger partial charge on any atom is -0.466 e. The van der Waals surface area contributed by atoms with Gasteiger partial charge in [-0.15, -0.1) is 0 Å². The topological polar surface area (TPSA) is 26.3 Å². The number of unbranched alkanes of at least 4 members (excludes halogenated alkanes) is 2. The molecule has 0 aromatic carbocycles. The lowest BCUT2D eigenvalue weighted by molar-refractivity contribution is -0.145. The number of carbonyl (C=O) groups excluding carboxylic acids is 1. The van der Waals surface area contributed by atoms with Gasteiger partial charge in [0.25, 0.3) is 0 Å². The van der Waals surface area contributed by atoms with Crippen LogP contribution in [0.5, 0.6) is 0 Å². The summed E-state index contributed by atoms with van der Waals surface area (Å²) in [6.07, 6.45) is 13.1. The molecule has 3 fully saturated rings. The fraction of sp³-hybridized carbons (Fsp3) is 0.842. The van der Waals surface area contributed by atoms with E-state index in [0.717, 1.165) is 41.9 Å². The Bertz CT molecular complexity index is 441. The van der Waals surface area contributed by atoms with Crippen LogP contribution in [0.2, 0.25) is 0 Å². The second-order valence-electron chi connectivity index (χ2n) is 7.89. The molecule has 116 valence electrons. The SMILES string of the molecule is CCCCCOC(=O)CC1CC2CC1C1C3C=CC(C3)C21. The third kappa shape index (κ3) is 2.26. The van der Waals surface area contributed by atoms with E-state index in [2.05, 4.69) is 19.1 Å². The lowest BCUT2D eigenvalue weighted by Gasteiger charge is -2.36. The van der Waals surface area contributed by atoms with Gasteiger partial charge in [-0.1, -0.05) is 31.9 Å². The third-order valence-corrected chi connectivity index (χ3v) is 6.85. The average molecular weight is 288 g/mol. The van der Waals surface area contributed by atoms with Crippen LogP contribution in [0.15, 0.2) is 12.2 Å². The van der Waals surface area contributed by atoms with Gasteiger partial charge in [-0.25, -0.2) is 0 Å². The van der Waals surface area contributed by atoms with E-state index in [1.54, 1.807) is 0 Å². The van der Waals surface area contributed by atoms with Crippen molar-refractivity contribution in [3.8, 4) is 0 Å². The van der Waals surface area contributed by atoms with Gasteiger partial charge in [0.1, 0.15) is 0 Å². The molecule has 7 unspecified atom stereocenters. The van der Waals surface area contributed by atoms with Crippen LogP contribution in [0.4, 0.5) is 0 Å². The van der Waals surface area contributed by atoms with Crippen LogP contribution in [0.3, 0.4) is 0 Å². The number of carbonyl (C=O) groups is 1. The van der Waals surface area contributed by atoms with Crippen molar-refractivity contribution in [1.82, 2.24) is 0 Å². The lowest BCUT2D eigenvalue weighted by atomic mass is 9.69. The Labute approximate surface area is 128 Å². The van der Waals surface area contributed by atoms with Gasteiger partial charge in [-0.2, -0.15) is 0 Å². The number of hydrogen-bond donors (Lipinski definition) is 0. The molecular weight excluding hydrogens is 260 g/mol. The molecule has 21 heavy (non-hydrogen) atoms. The Morgan fingerprint density at radius 3 is 2.71 bits per heavy atom. The van der Waals surface area contributed by atoms with Gasteiger partial charge in [-0.3, -0.25) is 4.79 Å². The van der Waals surface area contributed by atoms with Crippen LogP contribution in [-0.4, -0.2) is 12.6 Å². The van der Waals surface area contributed by atoms with Crippen molar-refractivity contribution in [3.63, 3.8) is 0 Å². The molecule has 0 spiro atoms. The molecule has 4 bridgehead atoms. The highest BCUT2D eigenvalue weighted by molar-refractivity contribution is 5.69. The molecular formula is C19H28O2. The molecule has 0 aromatic rings. The van der Waals surface area contributed by atoms with Gasteiger partial charge >= 0.3 is 5.97 Å². The zero-order valence-corrected chi connectivity index (χ0v) is 13.2. The molecule has 0 heterocycles. The van der Waals surface area contributed by atoms with Crippen molar-refractivity contribution in [2.45, 2.75) is 51.9 Å². The van der Waals surface area contributed by atoms with Crippen molar-refractivity contribution >= 4 is 5.97 Å². The summed E-state index contributed by atoms with van der Waals surface area (Å²) in [6, 6.07) is 0. The highest BCUT2D eigenvalue weighted by atomic mass is 16.5.